The van der Waals surface area contributed by atoms with Crippen LogP contribution >= 0.6 is 17.0 Å². The zero-order valence-corrected chi connectivity index (χ0v) is 29.4. The Balaban J connectivity index is 1.56. The molecular weight excluding hydrogens is 623 g/mol. The van der Waals surface area contributed by atoms with Crippen molar-refractivity contribution in [2.45, 2.75) is 62.9 Å². The molecule has 0 fully saturated rings. The van der Waals surface area contributed by atoms with Crippen molar-refractivity contribution >= 4 is 46.3 Å². The van der Waals surface area contributed by atoms with Gasteiger partial charge in [-0.15, -0.1) is 0 Å². The summed E-state index contributed by atoms with van der Waals surface area (Å²) in [5.41, 5.74) is 12.6. The molecule has 40 heavy (non-hydrogen) atoms. The number of rotatable bonds is 8. The third kappa shape index (κ3) is 4.78. The van der Waals surface area contributed by atoms with Gasteiger partial charge in [-0.25, -0.2) is 0 Å². The van der Waals surface area contributed by atoms with Gasteiger partial charge in [0.15, 0.2) is 0 Å². The first-order valence-corrected chi connectivity index (χ1v) is 25.3. The molecule has 0 aromatic heterocycles. The Labute approximate surface area is 254 Å². The summed E-state index contributed by atoms with van der Waals surface area (Å²) in [4.78, 5) is 0. The Morgan fingerprint density at radius 3 is 2.30 bits per heavy atom. The molecule has 0 nitrogen and oxygen atoms in total. The zero-order chi connectivity index (χ0) is 28.0. The van der Waals surface area contributed by atoms with Crippen LogP contribution in [0.2, 0.25) is 0 Å². The summed E-state index contributed by atoms with van der Waals surface area (Å²) in [6.45, 7) is 9.17. The van der Waals surface area contributed by atoms with E-state index in [0.29, 0.717) is 5.92 Å². The SMILES string of the molecule is CCCCC1=Cc2c(ccc(C(C)C)c2-c2ccccc2CC)[CH]1[Zr]([Cl])([Cl])[c]1cccc2c1[SiH2]c1ccccc1-2. The van der Waals surface area contributed by atoms with Crippen LogP contribution in [0.25, 0.3) is 28.3 Å². The molecule has 4 aromatic carbocycles. The maximum atomic E-state index is 7.91. The quantitative estimate of drug-likeness (QED) is 0.146. The summed E-state index contributed by atoms with van der Waals surface area (Å²) in [5.74, 6) is 0.430. The summed E-state index contributed by atoms with van der Waals surface area (Å²) >= 11 is -3.98. The molecule has 0 saturated heterocycles. The third-order valence-electron chi connectivity index (χ3n) is 9.00. The molecule has 2 aliphatic rings. The predicted octanol–water partition coefficient (Wildman–Crippen LogP) is 8.55. The van der Waals surface area contributed by atoms with Crippen molar-refractivity contribution in [2.24, 2.45) is 0 Å². The van der Waals surface area contributed by atoms with Gasteiger partial charge in [0, 0.05) is 0 Å². The van der Waals surface area contributed by atoms with Gasteiger partial charge in [-0.2, -0.15) is 0 Å². The van der Waals surface area contributed by atoms with E-state index in [1.54, 1.807) is 0 Å². The van der Waals surface area contributed by atoms with Crippen molar-refractivity contribution in [2.75, 3.05) is 0 Å². The van der Waals surface area contributed by atoms with E-state index in [2.05, 4.69) is 113 Å². The van der Waals surface area contributed by atoms with E-state index < -0.39 is 27.4 Å². The normalized spacial score (nSPS) is 16.3. The summed E-state index contributed by atoms with van der Waals surface area (Å²) in [6.07, 6.45) is 6.92. The van der Waals surface area contributed by atoms with Gasteiger partial charge in [0.25, 0.3) is 0 Å². The van der Waals surface area contributed by atoms with Crippen molar-refractivity contribution in [1.29, 1.82) is 0 Å². The van der Waals surface area contributed by atoms with Crippen molar-refractivity contribution in [3.63, 3.8) is 0 Å². The van der Waals surface area contributed by atoms with Gasteiger partial charge in [0.05, 0.1) is 0 Å². The fourth-order valence-electron chi connectivity index (χ4n) is 7.03. The molecule has 1 atom stereocenters. The Morgan fingerprint density at radius 2 is 1.55 bits per heavy atom. The van der Waals surface area contributed by atoms with Crippen LogP contribution in [0.15, 0.2) is 84.4 Å². The molecule has 4 heteroatoms. The predicted molar refractivity (Wildman–Crippen MR) is 177 cm³/mol. The Hall–Kier alpha value is -1.70. The number of aryl methyl sites for hydroxylation is 1. The average molecular weight is 661 g/mol. The second kappa shape index (κ2) is 11.5. The summed E-state index contributed by atoms with van der Waals surface area (Å²) in [7, 11) is 15.2. The van der Waals surface area contributed by atoms with Crippen molar-refractivity contribution < 1.29 is 17.9 Å². The molecule has 1 unspecified atom stereocenters. The Morgan fingerprint density at radius 1 is 0.825 bits per heavy atom. The fourth-order valence-corrected chi connectivity index (χ4v) is 23.9. The van der Waals surface area contributed by atoms with Crippen LogP contribution in [0.1, 0.15) is 78.8 Å². The first kappa shape index (κ1) is 28.4. The van der Waals surface area contributed by atoms with Gasteiger partial charge in [-0.05, 0) is 0 Å². The van der Waals surface area contributed by atoms with Crippen molar-refractivity contribution in [3.05, 3.63) is 107 Å². The number of halogens is 2. The van der Waals surface area contributed by atoms with Gasteiger partial charge in [0.2, 0.25) is 0 Å². The number of benzene rings is 4. The number of hydrogen-bond donors (Lipinski definition) is 0. The summed E-state index contributed by atoms with van der Waals surface area (Å²) < 4.78 is 1.46. The second-order valence-corrected chi connectivity index (χ2v) is 27.6. The molecule has 0 saturated carbocycles. The van der Waals surface area contributed by atoms with E-state index in [-0.39, 0.29) is 3.63 Å². The standard InChI is InChI=1S/C24H29.C12H9Si.2ClH.Zr/c1-5-7-10-18-15-20-13-14-21(17(3)4)24(23(20)16-18)22-12-9-8-11-19(22)6-2;1-3-7-11-9(5-1)10-6-2-4-8-12(10)13-11;;;/h8-9,11-17H,5-7,10H2,1-4H3;1-7H,13H2;2*1H;/q;;;;+2/p-2. The van der Waals surface area contributed by atoms with Crippen LogP contribution in [0.4, 0.5) is 0 Å². The maximum absolute atomic E-state index is 7.91. The number of fused-ring (bicyclic) bond motifs is 4. The first-order valence-electron chi connectivity index (χ1n) is 14.9. The molecule has 0 radical (unpaired) electrons. The molecule has 6 rings (SSSR count). The third-order valence-corrected chi connectivity index (χ3v) is 23.4. The monoisotopic (exact) mass is 658 g/mol. The summed E-state index contributed by atoms with van der Waals surface area (Å²) in [6, 6.07) is 29.4. The number of hydrogen-bond acceptors (Lipinski definition) is 0. The molecule has 0 bridgehead atoms. The molecule has 4 aromatic rings. The van der Waals surface area contributed by atoms with E-state index in [9.17, 15) is 0 Å². The molecule has 1 heterocycles. The zero-order valence-electron chi connectivity index (χ0n) is 24.0. The van der Waals surface area contributed by atoms with Crippen LogP contribution in [0.5, 0.6) is 0 Å². The van der Waals surface area contributed by atoms with Gasteiger partial charge in [0.1, 0.15) is 0 Å². The number of unbranched alkanes of at least 4 members (excludes halogenated alkanes) is 1. The van der Waals surface area contributed by atoms with Crippen molar-refractivity contribution in [3.8, 4) is 22.3 Å². The van der Waals surface area contributed by atoms with E-state index in [0.717, 1.165) is 19.3 Å². The molecule has 1 aliphatic heterocycles. The van der Waals surface area contributed by atoms with E-state index in [4.69, 9.17) is 17.0 Å². The Kier molecular flexibility index (Phi) is 8.19. The van der Waals surface area contributed by atoms with Crippen molar-refractivity contribution in [1.82, 2.24) is 0 Å². The topological polar surface area (TPSA) is 0 Å². The molecule has 0 spiro atoms. The van der Waals surface area contributed by atoms with Crippen LogP contribution in [0, 0.1) is 0 Å². The molecule has 204 valence electrons. The minimum absolute atomic E-state index is 0.136. The molecule has 0 amide bonds. The van der Waals surface area contributed by atoms with Gasteiger partial charge < -0.3 is 0 Å². The first-order chi connectivity index (χ1) is 19.4. The Bertz CT molecular complexity index is 1620. The van der Waals surface area contributed by atoms with Crippen LogP contribution in [-0.4, -0.2) is 9.52 Å². The summed E-state index contributed by atoms with van der Waals surface area (Å²) in [5, 5.41) is 3.03. The van der Waals surface area contributed by atoms with Gasteiger partial charge >= 0.3 is 256 Å². The van der Waals surface area contributed by atoms with E-state index in [1.807, 2.05) is 0 Å². The average Bonchev–Trinajstić information content (AvgIpc) is 3.54. The van der Waals surface area contributed by atoms with Crippen LogP contribution in [-0.2, 0) is 24.3 Å². The van der Waals surface area contributed by atoms with E-state index in [1.165, 1.54) is 70.1 Å². The fraction of sp³-hybridized carbons (Fsp3) is 0.278. The molecule has 1 aliphatic carbocycles. The van der Waals surface area contributed by atoms with Gasteiger partial charge in [-0.3, -0.25) is 0 Å². The van der Waals surface area contributed by atoms with E-state index >= 15 is 0 Å². The van der Waals surface area contributed by atoms with Crippen LogP contribution < -0.4 is 13.6 Å². The number of allylic oxidation sites excluding steroid dienone is 1. The van der Waals surface area contributed by atoms with Crippen LogP contribution in [0.3, 0.4) is 0 Å². The minimum atomic E-state index is -3.98. The molecular formula is C36H38Cl2SiZr. The van der Waals surface area contributed by atoms with Gasteiger partial charge in [-0.1, -0.05) is 0 Å². The second-order valence-electron chi connectivity index (χ2n) is 11.7. The molecule has 0 N–H and O–H groups in total.